The van der Waals surface area contributed by atoms with Crippen LogP contribution in [0.15, 0.2) is 47.4 Å². The number of hydrogen-bond donors (Lipinski definition) is 2. The van der Waals surface area contributed by atoms with Crippen LogP contribution in [0.1, 0.15) is 20.3 Å². The van der Waals surface area contributed by atoms with Crippen molar-refractivity contribution < 1.29 is 19.1 Å². The molecular weight excluding hydrogens is 364 g/mol. The van der Waals surface area contributed by atoms with E-state index in [-0.39, 0.29) is 5.75 Å². The molecular formula is C20H24N2O4S. The van der Waals surface area contributed by atoms with Crippen LogP contribution in [0.3, 0.4) is 0 Å². The molecule has 144 valence electrons. The van der Waals surface area contributed by atoms with Crippen LogP contribution in [0, 0.1) is 5.92 Å². The minimum Gasteiger partial charge on any atom is -0.455 e. The van der Waals surface area contributed by atoms with Gasteiger partial charge in [0.2, 0.25) is 0 Å². The van der Waals surface area contributed by atoms with E-state index in [0.717, 1.165) is 22.1 Å². The molecule has 2 N–H and O–H groups in total. The summed E-state index contributed by atoms with van der Waals surface area (Å²) in [7, 11) is 0. The summed E-state index contributed by atoms with van der Waals surface area (Å²) in [6, 6.07) is 13.3. The number of urea groups is 1. The molecule has 0 unspecified atom stereocenters. The molecule has 0 radical (unpaired) electrons. The average Bonchev–Trinajstić information content (AvgIpc) is 2.64. The highest BCUT2D eigenvalue weighted by molar-refractivity contribution is 8.00. The van der Waals surface area contributed by atoms with Gasteiger partial charge in [0.25, 0.3) is 5.91 Å². The highest BCUT2D eigenvalue weighted by atomic mass is 32.2. The molecule has 6 nitrogen and oxygen atoms in total. The zero-order chi connectivity index (χ0) is 19.6. The monoisotopic (exact) mass is 388 g/mol. The molecule has 3 amide bonds. The predicted molar refractivity (Wildman–Crippen MR) is 107 cm³/mol. The lowest BCUT2D eigenvalue weighted by molar-refractivity contribution is -0.145. The molecule has 0 aliphatic carbocycles. The normalized spacial score (nSPS) is 10.6. The predicted octanol–water partition coefficient (Wildman–Crippen LogP) is 3.35. The molecule has 0 fully saturated rings. The summed E-state index contributed by atoms with van der Waals surface area (Å²) in [5.74, 6) is -0.613. The number of ether oxygens (including phenoxy) is 1. The summed E-state index contributed by atoms with van der Waals surface area (Å²) >= 11 is 1.34. The molecule has 0 heterocycles. The van der Waals surface area contributed by atoms with Gasteiger partial charge in [-0.05, 0) is 35.2 Å². The molecule has 0 saturated heterocycles. The largest absolute Gasteiger partial charge is 0.455 e. The van der Waals surface area contributed by atoms with Crippen LogP contribution in [0.2, 0.25) is 0 Å². The number of carbonyl (C=O) groups is 3. The van der Waals surface area contributed by atoms with Gasteiger partial charge in [0, 0.05) is 11.4 Å². The maximum Gasteiger partial charge on any atom is 0.321 e. The van der Waals surface area contributed by atoms with Gasteiger partial charge in [-0.25, -0.2) is 4.79 Å². The third kappa shape index (κ3) is 7.70. The molecule has 0 bridgehead atoms. The number of imide groups is 1. The fourth-order valence-corrected chi connectivity index (χ4v) is 3.01. The van der Waals surface area contributed by atoms with Gasteiger partial charge < -0.3 is 10.1 Å². The molecule has 2 aromatic carbocycles. The second kappa shape index (κ2) is 10.6. The van der Waals surface area contributed by atoms with E-state index in [1.54, 1.807) is 0 Å². The number of amides is 3. The smallest absolute Gasteiger partial charge is 0.321 e. The van der Waals surface area contributed by atoms with Gasteiger partial charge in [0.15, 0.2) is 6.61 Å². The second-order valence-electron chi connectivity index (χ2n) is 6.44. The van der Waals surface area contributed by atoms with Gasteiger partial charge in [0.1, 0.15) is 0 Å². The van der Waals surface area contributed by atoms with Crippen LogP contribution in [-0.4, -0.2) is 36.8 Å². The van der Waals surface area contributed by atoms with Crippen molar-refractivity contribution in [1.29, 1.82) is 0 Å². The van der Waals surface area contributed by atoms with Crippen LogP contribution in [0.25, 0.3) is 10.8 Å². The standard InChI is InChI=1S/C20H24N2O4S/c1-14(2)9-10-21-20(25)22-18(23)12-26-19(24)13-27-17-8-7-15-5-3-4-6-16(15)11-17/h3-8,11,14H,9-10,12-13H2,1-2H3,(H2,21,22,23,25). The van der Waals surface area contributed by atoms with Crippen LogP contribution in [0.4, 0.5) is 4.79 Å². The Balaban J connectivity index is 1.67. The summed E-state index contributed by atoms with van der Waals surface area (Å²) < 4.78 is 4.90. The van der Waals surface area contributed by atoms with E-state index in [1.165, 1.54) is 11.8 Å². The van der Waals surface area contributed by atoms with E-state index in [0.29, 0.717) is 12.5 Å². The fraction of sp³-hybridized carbons (Fsp3) is 0.350. The fourth-order valence-electron chi connectivity index (χ4n) is 2.27. The van der Waals surface area contributed by atoms with Crippen molar-refractivity contribution in [3.63, 3.8) is 0 Å². The first-order valence-corrected chi connectivity index (χ1v) is 9.77. The van der Waals surface area contributed by atoms with Crippen molar-refractivity contribution in [2.24, 2.45) is 5.92 Å². The van der Waals surface area contributed by atoms with Crippen molar-refractivity contribution in [3.05, 3.63) is 42.5 Å². The summed E-state index contributed by atoms with van der Waals surface area (Å²) in [6.45, 7) is 4.09. The van der Waals surface area contributed by atoms with E-state index < -0.39 is 24.5 Å². The Morgan fingerprint density at radius 2 is 1.81 bits per heavy atom. The Morgan fingerprint density at radius 1 is 1.07 bits per heavy atom. The zero-order valence-electron chi connectivity index (χ0n) is 15.5. The first kappa shape index (κ1) is 20.8. The van der Waals surface area contributed by atoms with Gasteiger partial charge in [-0.3, -0.25) is 14.9 Å². The highest BCUT2D eigenvalue weighted by Crippen LogP contribution is 2.23. The van der Waals surface area contributed by atoms with Crippen molar-refractivity contribution in [2.45, 2.75) is 25.2 Å². The third-order valence-corrected chi connectivity index (χ3v) is 4.67. The quantitative estimate of drug-likeness (QED) is 0.535. The summed E-state index contributed by atoms with van der Waals surface area (Å²) in [4.78, 5) is 35.9. The van der Waals surface area contributed by atoms with Gasteiger partial charge in [-0.15, -0.1) is 11.8 Å². The number of nitrogens with one attached hydrogen (secondary N) is 2. The molecule has 7 heteroatoms. The van der Waals surface area contributed by atoms with Crippen LogP contribution in [0.5, 0.6) is 0 Å². The number of carbonyl (C=O) groups excluding carboxylic acids is 3. The van der Waals surface area contributed by atoms with Crippen molar-refractivity contribution in [3.8, 4) is 0 Å². The Kier molecular flexibility index (Phi) is 8.13. The Labute approximate surface area is 163 Å². The van der Waals surface area contributed by atoms with Crippen LogP contribution in [-0.2, 0) is 14.3 Å². The number of hydrogen-bond acceptors (Lipinski definition) is 5. The van der Waals surface area contributed by atoms with Gasteiger partial charge in [-0.2, -0.15) is 0 Å². The SMILES string of the molecule is CC(C)CCNC(=O)NC(=O)COC(=O)CSc1ccc2ccccc2c1. The zero-order valence-corrected chi connectivity index (χ0v) is 16.3. The number of benzene rings is 2. The lowest BCUT2D eigenvalue weighted by atomic mass is 10.1. The van der Waals surface area contributed by atoms with Crippen LogP contribution >= 0.6 is 11.8 Å². The molecule has 0 spiro atoms. The summed E-state index contributed by atoms with van der Waals surface area (Å²) in [6.07, 6.45) is 0.822. The number of thioether (sulfide) groups is 1. The molecule has 0 saturated carbocycles. The lowest BCUT2D eigenvalue weighted by Gasteiger charge is -2.08. The van der Waals surface area contributed by atoms with E-state index in [9.17, 15) is 14.4 Å². The molecule has 27 heavy (non-hydrogen) atoms. The first-order chi connectivity index (χ1) is 12.9. The van der Waals surface area contributed by atoms with Crippen molar-refractivity contribution in [2.75, 3.05) is 18.9 Å². The first-order valence-electron chi connectivity index (χ1n) is 8.79. The van der Waals surface area contributed by atoms with E-state index in [2.05, 4.69) is 10.6 Å². The topological polar surface area (TPSA) is 84.5 Å². The molecule has 0 aliphatic rings. The van der Waals surface area contributed by atoms with Crippen molar-refractivity contribution >= 4 is 40.4 Å². The number of esters is 1. The minimum atomic E-state index is -0.652. The molecule has 2 rings (SSSR count). The second-order valence-corrected chi connectivity index (χ2v) is 7.49. The average molecular weight is 388 g/mol. The van der Waals surface area contributed by atoms with Gasteiger partial charge in [0.05, 0.1) is 5.75 Å². The molecule has 0 atom stereocenters. The third-order valence-electron chi connectivity index (χ3n) is 3.70. The Bertz CT molecular complexity index is 807. The van der Waals surface area contributed by atoms with Crippen molar-refractivity contribution in [1.82, 2.24) is 10.6 Å². The molecule has 2 aromatic rings. The van der Waals surface area contributed by atoms with Gasteiger partial charge >= 0.3 is 12.0 Å². The Hall–Kier alpha value is -2.54. The van der Waals surface area contributed by atoms with Crippen LogP contribution < -0.4 is 10.6 Å². The van der Waals surface area contributed by atoms with Gasteiger partial charge in [-0.1, -0.05) is 44.2 Å². The number of rotatable bonds is 8. The Morgan fingerprint density at radius 3 is 2.56 bits per heavy atom. The maximum absolute atomic E-state index is 11.8. The van der Waals surface area contributed by atoms with E-state index in [4.69, 9.17) is 4.74 Å². The van der Waals surface area contributed by atoms with E-state index >= 15 is 0 Å². The summed E-state index contributed by atoms with van der Waals surface area (Å²) in [5.41, 5.74) is 0. The number of fused-ring (bicyclic) bond motifs is 1. The highest BCUT2D eigenvalue weighted by Gasteiger charge is 2.11. The summed E-state index contributed by atoms with van der Waals surface area (Å²) in [5, 5.41) is 6.94. The molecule has 0 aromatic heterocycles. The lowest BCUT2D eigenvalue weighted by Crippen LogP contribution is -2.42. The minimum absolute atomic E-state index is 0.0895. The molecule has 0 aliphatic heterocycles. The van der Waals surface area contributed by atoms with E-state index in [1.807, 2.05) is 56.3 Å². The maximum atomic E-state index is 11.8.